The molecule has 1 fully saturated rings. The number of nitrogens with one attached hydrogen (secondary N) is 1. The van der Waals surface area contributed by atoms with E-state index in [4.69, 9.17) is 18.0 Å². The first kappa shape index (κ1) is 14.5. The summed E-state index contributed by atoms with van der Waals surface area (Å²) in [5.41, 5.74) is 7.16. The van der Waals surface area contributed by atoms with E-state index < -0.39 is 0 Å². The fourth-order valence-corrected chi connectivity index (χ4v) is 2.30. The number of benzene rings is 1. The zero-order valence-electron chi connectivity index (χ0n) is 11.3. The number of rotatable bonds is 5. The first-order valence-corrected chi connectivity index (χ1v) is 6.94. The maximum absolute atomic E-state index is 12.1. The van der Waals surface area contributed by atoms with E-state index in [0.29, 0.717) is 11.4 Å². The Hall–Kier alpha value is -1.95. The third kappa shape index (κ3) is 2.96. The Morgan fingerprint density at radius 3 is 2.55 bits per heavy atom. The molecule has 1 unspecified atom stereocenters. The van der Waals surface area contributed by atoms with Crippen LogP contribution >= 0.6 is 12.2 Å². The fourth-order valence-electron chi connectivity index (χ4n) is 2.17. The van der Waals surface area contributed by atoms with Gasteiger partial charge >= 0.3 is 6.03 Å². The van der Waals surface area contributed by atoms with Crippen LogP contribution in [0.4, 0.5) is 4.79 Å². The molecule has 0 aliphatic carbocycles. The van der Waals surface area contributed by atoms with Crippen LogP contribution in [0.15, 0.2) is 24.3 Å². The second-order valence-corrected chi connectivity index (χ2v) is 5.22. The third-order valence-electron chi connectivity index (χ3n) is 3.26. The molecule has 0 aromatic heterocycles. The van der Waals surface area contributed by atoms with E-state index in [0.717, 1.165) is 17.5 Å². The van der Waals surface area contributed by atoms with Crippen LogP contribution in [0.25, 0.3) is 0 Å². The van der Waals surface area contributed by atoms with Gasteiger partial charge in [-0.25, -0.2) is 4.79 Å². The summed E-state index contributed by atoms with van der Waals surface area (Å²) in [4.78, 5) is 25.5. The van der Waals surface area contributed by atoms with Crippen LogP contribution in [0, 0.1) is 0 Å². The molecule has 2 rings (SSSR count). The fraction of sp³-hybridized carbons (Fsp3) is 0.357. The highest BCUT2D eigenvalue weighted by molar-refractivity contribution is 7.80. The second-order valence-electron chi connectivity index (χ2n) is 4.78. The Morgan fingerprint density at radius 2 is 2.00 bits per heavy atom. The molecule has 3 N–H and O–H groups in total. The summed E-state index contributed by atoms with van der Waals surface area (Å²) in [6, 6.07) is 6.51. The zero-order chi connectivity index (χ0) is 14.7. The van der Waals surface area contributed by atoms with Gasteiger partial charge in [0.15, 0.2) is 0 Å². The Morgan fingerprint density at radius 1 is 1.35 bits per heavy atom. The lowest BCUT2D eigenvalue weighted by molar-refractivity contribution is -0.128. The average molecular weight is 291 g/mol. The van der Waals surface area contributed by atoms with Gasteiger partial charge in [0.25, 0.3) is 5.91 Å². The highest BCUT2D eigenvalue weighted by atomic mass is 32.1. The maximum atomic E-state index is 12.1. The van der Waals surface area contributed by atoms with Gasteiger partial charge in [0.1, 0.15) is 11.0 Å². The largest absolute Gasteiger partial charge is 0.389 e. The molecule has 1 atom stereocenters. The minimum atomic E-state index is -0.386. The molecule has 1 aliphatic heterocycles. The van der Waals surface area contributed by atoms with E-state index in [9.17, 15) is 9.59 Å². The summed E-state index contributed by atoms with van der Waals surface area (Å²) in [5, 5.41) is 2.70. The molecule has 20 heavy (non-hydrogen) atoms. The van der Waals surface area contributed by atoms with Crippen molar-refractivity contribution in [2.75, 3.05) is 0 Å². The molecule has 0 radical (unpaired) electrons. The number of hydrogen-bond donors (Lipinski definition) is 2. The van der Waals surface area contributed by atoms with Crippen LogP contribution in [0.3, 0.4) is 0 Å². The number of thiocarbonyl (C=S) groups is 1. The lowest BCUT2D eigenvalue weighted by Crippen LogP contribution is -2.30. The Kier molecular flexibility index (Phi) is 4.34. The number of nitrogens with two attached hydrogens (primary N) is 1. The number of carbonyl (C=O) groups is 2. The third-order valence-corrected chi connectivity index (χ3v) is 3.50. The highest BCUT2D eigenvalue weighted by Gasteiger charge is 2.36. The van der Waals surface area contributed by atoms with E-state index in [2.05, 4.69) is 5.32 Å². The lowest BCUT2D eigenvalue weighted by atomic mass is 10.1. The van der Waals surface area contributed by atoms with Crippen molar-refractivity contribution in [2.24, 2.45) is 5.73 Å². The smallest absolute Gasteiger partial charge is 0.325 e. The predicted molar refractivity (Wildman–Crippen MR) is 80.1 cm³/mol. The zero-order valence-corrected chi connectivity index (χ0v) is 12.1. The van der Waals surface area contributed by atoms with Crippen LogP contribution in [0.2, 0.25) is 0 Å². The molecule has 1 heterocycles. The van der Waals surface area contributed by atoms with E-state index in [1.165, 1.54) is 4.90 Å². The lowest BCUT2D eigenvalue weighted by Gasteiger charge is -2.13. The predicted octanol–water partition coefficient (Wildman–Crippen LogP) is 1.54. The number of nitrogens with zero attached hydrogens (tertiary/aromatic N) is 1. The normalized spacial score (nSPS) is 18.2. The first-order valence-electron chi connectivity index (χ1n) is 6.53. The number of carbonyl (C=O) groups excluding carboxylic acids is 2. The van der Waals surface area contributed by atoms with Crippen molar-refractivity contribution < 1.29 is 9.59 Å². The number of imide groups is 1. The molecule has 106 valence electrons. The number of urea groups is 1. The van der Waals surface area contributed by atoms with Crippen LogP contribution in [-0.4, -0.2) is 27.9 Å². The molecule has 1 aromatic carbocycles. The van der Waals surface area contributed by atoms with Gasteiger partial charge in [-0.15, -0.1) is 0 Å². The highest BCUT2D eigenvalue weighted by Crippen LogP contribution is 2.15. The average Bonchev–Trinajstić information content (AvgIpc) is 2.68. The van der Waals surface area contributed by atoms with Crippen molar-refractivity contribution in [1.29, 1.82) is 0 Å². The van der Waals surface area contributed by atoms with Gasteiger partial charge in [0.2, 0.25) is 0 Å². The minimum Gasteiger partial charge on any atom is -0.389 e. The maximum Gasteiger partial charge on any atom is 0.325 e. The van der Waals surface area contributed by atoms with Gasteiger partial charge in [-0.3, -0.25) is 9.69 Å². The summed E-state index contributed by atoms with van der Waals surface area (Å²) in [5.74, 6) is -0.157. The quantitative estimate of drug-likeness (QED) is 0.637. The molecule has 1 saturated heterocycles. The SMILES string of the molecule is CCCC1NC(=O)N(Cc2ccc(C(N)=S)cc2)C1=O. The number of amides is 3. The number of hydrogen-bond acceptors (Lipinski definition) is 3. The van der Waals surface area contributed by atoms with Crippen molar-refractivity contribution in [3.63, 3.8) is 0 Å². The molecular weight excluding hydrogens is 274 g/mol. The van der Waals surface area contributed by atoms with Crippen LogP contribution < -0.4 is 11.1 Å². The van der Waals surface area contributed by atoms with Crippen molar-refractivity contribution in [3.05, 3.63) is 35.4 Å². The van der Waals surface area contributed by atoms with Crippen molar-refractivity contribution in [3.8, 4) is 0 Å². The first-order chi connectivity index (χ1) is 9.52. The summed E-state index contributed by atoms with van der Waals surface area (Å²) < 4.78 is 0. The molecule has 0 saturated carbocycles. The molecule has 1 aromatic rings. The molecule has 5 nitrogen and oxygen atoms in total. The van der Waals surface area contributed by atoms with E-state index in [1.54, 1.807) is 12.1 Å². The molecule has 0 spiro atoms. The minimum absolute atomic E-state index is 0.157. The molecule has 6 heteroatoms. The second kappa shape index (κ2) is 6.00. The van der Waals surface area contributed by atoms with Gasteiger partial charge in [-0.1, -0.05) is 49.8 Å². The monoisotopic (exact) mass is 291 g/mol. The summed E-state index contributed by atoms with van der Waals surface area (Å²) in [7, 11) is 0. The van der Waals surface area contributed by atoms with Gasteiger partial charge in [0, 0.05) is 5.56 Å². The van der Waals surface area contributed by atoms with Crippen LogP contribution in [0.5, 0.6) is 0 Å². The standard InChI is InChI=1S/C14H17N3O2S/c1-2-3-11-13(18)17(14(19)16-11)8-9-4-6-10(7-5-9)12(15)20/h4-7,11H,2-3,8H2,1H3,(H2,15,20)(H,16,19). The molecule has 3 amide bonds. The van der Waals surface area contributed by atoms with Crippen molar-refractivity contribution in [2.45, 2.75) is 32.4 Å². The van der Waals surface area contributed by atoms with Gasteiger partial charge in [0.05, 0.1) is 6.54 Å². The van der Waals surface area contributed by atoms with Gasteiger partial charge in [-0.05, 0) is 12.0 Å². The summed E-state index contributed by atoms with van der Waals surface area (Å²) >= 11 is 4.88. The molecule has 0 bridgehead atoms. The van der Waals surface area contributed by atoms with Crippen molar-refractivity contribution >= 4 is 29.1 Å². The van der Waals surface area contributed by atoms with E-state index in [-0.39, 0.29) is 24.5 Å². The molecule has 1 aliphatic rings. The Balaban J connectivity index is 2.07. The summed E-state index contributed by atoms with van der Waals surface area (Å²) in [6.07, 6.45) is 1.52. The summed E-state index contributed by atoms with van der Waals surface area (Å²) in [6.45, 7) is 2.25. The molecular formula is C14H17N3O2S. The van der Waals surface area contributed by atoms with Gasteiger partial charge < -0.3 is 11.1 Å². The van der Waals surface area contributed by atoms with E-state index >= 15 is 0 Å². The topological polar surface area (TPSA) is 75.4 Å². The van der Waals surface area contributed by atoms with Crippen molar-refractivity contribution in [1.82, 2.24) is 10.2 Å². The Bertz CT molecular complexity index is 542. The van der Waals surface area contributed by atoms with Crippen LogP contribution in [-0.2, 0) is 11.3 Å². The van der Waals surface area contributed by atoms with Gasteiger partial charge in [-0.2, -0.15) is 0 Å². The van der Waals surface area contributed by atoms with E-state index in [1.807, 2.05) is 19.1 Å². The van der Waals surface area contributed by atoms with Crippen LogP contribution in [0.1, 0.15) is 30.9 Å². The Labute approximate surface area is 123 Å².